The van der Waals surface area contributed by atoms with Crippen LogP contribution in [0.1, 0.15) is 15.9 Å². The average molecular weight is 330 g/mol. The van der Waals surface area contributed by atoms with Crippen molar-refractivity contribution in [2.24, 2.45) is 0 Å². The molecule has 1 aromatic carbocycles. The summed E-state index contributed by atoms with van der Waals surface area (Å²) in [6.45, 7) is 0. The van der Waals surface area contributed by atoms with Gasteiger partial charge in [-0.05, 0) is 29.8 Å². The summed E-state index contributed by atoms with van der Waals surface area (Å²) >= 11 is 5.67. The molecule has 0 radical (unpaired) electrons. The summed E-state index contributed by atoms with van der Waals surface area (Å²) in [5, 5.41) is 8.70. The molecule has 2 rings (SSSR count). The molecule has 21 heavy (non-hydrogen) atoms. The van der Waals surface area contributed by atoms with Crippen LogP contribution in [0.4, 0.5) is 4.39 Å². The number of benzene rings is 1. The van der Waals surface area contributed by atoms with Crippen LogP contribution < -0.4 is 0 Å². The molecule has 1 aromatic heterocycles. The summed E-state index contributed by atoms with van der Waals surface area (Å²) in [5.41, 5.74) is -0.378. The second-order valence-electron chi connectivity index (χ2n) is 4.19. The minimum absolute atomic E-state index is 0.165. The third-order valence-corrected chi connectivity index (χ3v) is 4.57. The van der Waals surface area contributed by atoms with Crippen molar-refractivity contribution in [1.29, 1.82) is 0 Å². The van der Waals surface area contributed by atoms with Gasteiger partial charge in [-0.2, -0.15) is 0 Å². The first-order chi connectivity index (χ1) is 9.81. The smallest absolute Gasteiger partial charge is 0.338 e. The van der Waals surface area contributed by atoms with E-state index in [1.54, 1.807) is 0 Å². The molecule has 0 aliphatic carbocycles. The molecule has 0 aliphatic rings. The fourth-order valence-corrected chi connectivity index (χ4v) is 3.48. The highest BCUT2D eigenvalue weighted by atomic mass is 35.5. The van der Waals surface area contributed by atoms with Gasteiger partial charge in [0.15, 0.2) is 15.7 Å². The number of pyridine rings is 1. The number of hydrogen-bond donors (Lipinski definition) is 1. The van der Waals surface area contributed by atoms with Gasteiger partial charge in [-0.1, -0.05) is 11.6 Å². The Labute approximate surface area is 124 Å². The Morgan fingerprint density at radius 3 is 2.48 bits per heavy atom. The molecule has 0 saturated heterocycles. The Kier molecular flexibility index (Phi) is 4.24. The monoisotopic (exact) mass is 329 g/mol. The SMILES string of the molecule is O=C(O)c1cc(Cl)cc(S(=O)(=O)Cc2ccncc2)c1F. The molecular weight excluding hydrogens is 321 g/mol. The first-order valence-corrected chi connectivity index (χ1v) is 7.68. The van der Waals surface area contributed by atoms with Gasteiger partial charge in [0.25, 0.3) is 0 Å². The Morgan fingerprint density at radius 1 is 1.29 bits per heavy atom. The Balaban J connectivity index is 2.53. The predicted molar refractivity (Wildman–Crippen MR) is 73.5 cm³/mol. The van der Waals surface area contributed by atoms with Crippen LogP contribution in [0.15, 0.2) is 41.6 Å². The predicted octanol–water partition coefficient (Wildman–Crippen LogP) is 2.55. The molecule has 2 aromatic rings. The first-order valence-electron chi connectivity index (χ1n) is 5.65. The lowest BCUT2D eigenvalue weighted by Crippen LogP contribution is -2.11. The van der Waals surface area contributed by atoms with Gasteiger partial charge >= 0.3 is 5.97 Å². The van der Waals surface area contributed by atoms with Gasteiger partial charge in [-0.25, -0.2) is 17.6 Å². The highest BCUT2D eigenvalue weighted by Crippen LogP contribution is 2.26. The Morgan fingerprint density at radius 2 is 1.90 bits per heavy atom. The van der Waals surface area contributed by atoms with E-state index in [0.29, 0.717) is 5.56 Å². The van der Waals surface area contributed by atoms with E-state index < -0.39 is 37.8 Å². The zero-order valence-corrected chi connectivity index (χ0v) is 12.0. The molecule has 0 saturated carbocycles. The summed E-state index contributed by atoms with van der Waals surface area (Å²) in [6, 6.07) is 4.71. The Bertz CT molecular complexity index is 793. The van der Waals surface area contributed by atoms with Crippen LogP contribution in [0.25, 0.3) is 0 Å². The van der Waals surface area contributed by atoms with Crippen LogP contribution in [0.5, 0.6) is 0 Å². The van der Waals surface area contributed by atoms with Crippen LogP contribution in [-0.2, 0) is 15.6 Å². The van der Waals surface area contributed by atoms with Crippen molar-refractivity contribution < 1.29 is 22.7 Å². The number of halogens is 2. The van der Waals surface area contributed by atoms with Gasteiger partial charge in [0.2, 0.25) is 0 Å². The number of aromatic carboxylic acids is 1. The van der Waals surface area contributed by atoms with Gasteiger partial charge in [-0.15, -0.1) is 0 Å². The van der Waals surface area contributed by atoms with E-state index in [9.17, 15) is 17.6 Å². The van der Waals surface area contributed by atoms with E-state index in [1.807, 2.05) is 0 Å². The standard InChI is InChI=1S/C13H9ClFNO4S/c14-9-5-10(13(17)18)12(15)11(6-9)21(19,20)7-8-1-3-16-4-2-8/h1-6H,7H2,(H,17,18). The van der Waals surface area contributed by atoms with Crippen LogP contribution in [0, 0.1) is 5.82 Å². The lowest BCUT2D eigenvalue weighted by Gasteiger charge is -2.08. The molecule has 8 heteroatoms. The zero-order chi connectivity index (χ0) is 15.6. The minimum Gasteiger partial charge on any atom is -0.478 e. The van der Waals surface area contributed by atoms with Gasteiger partial charge in [0.05, 0.1) is 11.3 Å². The number of hydrogen-bond acceptors (Lipinski definition) is 4. The van der Waals surface area contributed by atoms with Crippen molar-refractivity contribution in [2.45, 2.75) is 10.6 Å². The number of carboxylic acid groups (broad SMARTS) is 1. The largest absolute Gasteiger partial charge is 0.478 e. The van der Waals surface area contributed by atoms with Crippen molar-refractivity contribution in [3.05, 3.63) is 58.6 Å². The van der Waals surface area contributed by atoms with Crippen LogP contribution in [0.2, 0.25) is 5.02 Å². The molecule has 110 valence electrons. The maximum Gasteiger partial charge on any atom is 0.338 e. The summed E-state index contributed by atoms with van der Waals surface area (Å²) in [6.07, 6.45) is 2.81. The number of aromatic nitrogens is 1. The molecule has 0 atom stereocenters. The number of rotatable bonds is 4. The lowest BCUT2D eigenvalue weighted by molar-refractivity contribution is 0.0691. The van der Waals surface area contributed by atoms with Gasteiger partial charge in [-0.3, -0.25) is 4.98 Å². The molecule has 0 unspecified atom stereocenters. The van der Waals surface area contributed by atoms with E-state index in [-0.39, 0.29) is 5.02 Å². The van der Waals surface area contributed by atoms with Crippen LogP contribution in [-0.4, -0.2) is 24.5 Å². The summed E-state index contributed by atoms with van der Waals surface area (Å²) in [4.78, 5) is 13.9. The van der Waals surface area contributed by atoms with E-state index >= 15 is 0 Å². The van der Waals surface area contributed by atoms with Crippen LogP contribution in [0.3, 0.4) is 0 Å². The van der Waals surface area contributed by atoms with Crippen molar-refractivity contribution in [3.8, 4) is 0 Å². The van der Waals surface area contributed by atoms with E-state index in [4.69, 9.17) is 16.7 Å². The second kappa shape index (κ2) is 5.79. The maximum atomic E-state index is 14.1. The fourth-order valence-electron chi connectivity index (χ4n) is 1.72. The number of carbonyl (C=O) groups is 1. The summed E-state index contributed by atoms with van der Waals surface area (Å²) in [7, 11) is -4.07. The van der Waals surface area contributed by atoms with Gasteiger partial charge < -0.3 is 5.11 Å². The number of carboxylic acids is 1. The number of nitrogens with zero attached hydrogens (tertiary/aromatic N) is 1. The second-order valence-corrected chi connectivity index (χ2v) is 6.58. The zero-order valence-electron chi connectivity index (χ0n) is 10.5. The molecule has 0 bridgehead atoms. The van der Waals surface area contributed by atoms with Gasteiger partial charge in [0, 0.05) is 17.4 Å². The highest BCUT2D eigenvalue weighted by Gasteiger charge is 2.25. The summed E-state index contributed by atoms with van der Waals surface area (Å²) < 4.78 is 38.5. The molecule has 0 fully saturated rings. The minimum atomic E-state index is -4.07. The molecule has 0 amide bonds. The molecule has 5 nitrogen and oxygen atoms in total. The van der Waals surface area contributed by atoms with E-state index in [2.05, 4.69) is 4.98 Å². The van der Waals surface area contributed by atoms with Crippen LogP contribution >= 0.6 is 11.6 Å². The number of sulfone groups is 1. The topological polar surface area (TPSA) is 84.3 Å². The quantitative estimate of drug-likeness (QED) is 0.931. The van der Waals surface area contributed by atoms with Crippen molar-refractivity contribution in [3.63, 3.8) is 0 Å². The molecule has 0 spiro atoms. The van der Waals surface area contributed by atoms with E-state index in [0.717, 1.165) is 12.1 Å². The third kappa shape index (κ3) is 3.37. The average Bonchev–Trinajstić information content (AvgIpc) is 2.41. The molecule has 0 aliphatic heterocycles. The third-order valence-electron chi connectivity index (χ3n) is 2.68. The lowest BCUT2D eigenvalue weighted by atomic mass is 10.2. The first kappa shape index (κ1) is 15.4. The van der Waals surface area contributed by atoms with E-state index in [1.165, 1.54) is 24.5 Å². The Hall–Kier alpha value is -1.99. The molecular formula is C13H9ClFNO4S. The maximum absolute atomic E-state index is 14.1. The fraction of sp³-hybridized carbons (Fsp3) is 0.0769. The van der Waals surface area contributed by atoms with Crippen molar-refractivity contribution >= 4 is 27.4 Å². The van der Waals surface area contributed by atoms with Crippen molar-refractivity contribution in [2.75, 3.05) is 0 Å². The van der Waals surface area contributed by atoms with Crippen molar-refractivity contribution in [1.82, 2.24) is 4.98 Å². The molecule has 1 N–H and O–H groups in total. The molecule has 1 heterocycles. The summed E-state index contributed by atoms with van der Waals surface area (Å²) in [5.74, 6) is -3.39. The normalized spacial score (nSPS) is 11.3. The van der Waals surface area contributed by atoms with Gasteiger partial charge in [0.1, 0.15) is 4.90 Å². The highest BCUT2D eigenvalue weighted by molar-refractivity contribution is 7.90.